The molecule has 4 nitrogen and oxygen atoms in total. The van der Waals surface area contributed by atoms with Crippen LogP contribution in [0, 0.1) is 0 Å². The van der Waals surface area contributed by atoms with Gasteiger partial charge in [-0.05, 0) is 71.9 Å². The number of thiophene rings is 1. The van der Waals surface area contributed by atoms with Gasteiger partial charge in [0.25, 0.3) is 0 Å². The summed E-state index contributed by atoms with van der Waals surface area (Å²) >= 11 is 1.64. The summed E-state index contributed by atoms with van der Waals surface area (Å²) < 4.78 is 7.42. The monoisotopic (exact) mass is 456 g/mol. The zero-order valence-electron chi connectivity index (χ0n) is 18.0. The lowest BCUT2D eigenvalue weighted by Crippen LogP contribution is -1.95. The number of phenolic OH excluding ortho intramolecular Hbond substituents is 1. The van der Waals surface area contributed by atoms with E-state index in [1.807, 2.05) is 30.3 Å². The number of carboxylic acid groups (broad SMARTS) is 1. The Balaban J connectivity index is 1.58. The van der Waals surface area contributed by atoms with Crippen LogP contribution in [-0.2, 0) is 4.79 Å². The molecule has 0 aliphatic heterocycles. The molecule has 5 heteroatoms. The first-order chi connectivity index (χ1) is 16.1. The second-order valence-electron chi connectivity index (χ2n) is 8.35. The first kappa shape index (κ1) is 21.3. The highest BCUT2D eigenvalue weighted by molar-refractivity contribution is 7.22. The molecule has 4 aromatic rings. The number of aliphatic carboxylic acids is 1. The number of ether oxygens (including phenoxy) is 1. The van der Waals surface area contributed by atoms with Crippen LogP contribution >= 0.6 is 11.3 Å². The molecule has 0 amide bonds. The fourth-order valence-corrected chi connectivity index (χ4v) is 5.78. The number of carboxylic acids is 1. The molecule has 1 heterocycles. The van der Waals surface area contributed by atoms with Crippen molar-refractivity contribution >= 4 is 33.5 Å². The summed E-state index contributed by atoms with van der Waals surface area (Å²) in [7, 11) is 0. The average Bonchev–Trinajstić information content (AvgIpc) is 3.47. The van der Waals surface area contributed by atoms with Crippen LogP contribution in [0.5, 0.6) is 17.2 Å². The second kappa shape index (κ2) is 9.12. The highest BCUT2D eigenvalue weighted by atomic mass is 32.1. The molecule has 2 N–H and O–H groups in total. The molecule has 1 aromatic heterocycles. The Bertz CT molecular complexity index is 1330. The summed E-state index contributed by atoms with van der Waals surface area (Å²) in [5.41, 5.74) is 3.35. The zero-order valence-corrected chi connectivity index (χ0v) is 18.8. The fraction of sp³-hybridized carbons (Fsp3) is 0.179. The first-order valence-electron chi connectivity index (χ1n) is 11.1. The van der Waals surface area contributed by atoms with E-state index in [1.54, 1.807) is 29.5 Å². The van der Waals surface area contributed by atoms with Gasteiger partial charge in [-0.1, -0.05) is 49.2 Å². The molecule has 33 heavy (non-hydrogen) atoms. The van der Waals surface area contributed by atoms with Crippen LogP contribution in [0.3, 0.4) is 0 Å². The van der Waals surface area contributed by atoms with Crippen LogP contribution < -0.4 is 4.74 Å². The number of carbonyl (C=O) groups is 1. The van der Waals surface area contributed by atoms with Crippen molar-refractivity contribution in [1.29, 1.82) is 0 Å². The van der Waals surface area contributed by atoms with E-state index in [0.29, 0.717) is 11.7 Å². The van der Waals surface area contributed by atoms with Gasteiger partial charge in [0.1, 0.15) is 11.5 Å². The normalized spacial score (nSPS) is 14.3. The molecule has 1 saturated carbocycles. The molecule has 1 fully saturated rings. The molecule has 0 unspecified atom stereocenters. The van der Waals surface area contributed by atoms with Crippen molar-refractivity contribution in [2.45, 2.75) is 31.6 Å². The van der Waals surface area contributed by atoms with Gasteiger partial charge in [-0.3, -0.25) is 0 Å². The minimum atomic E-state index is -0.978. The number of phenols is 1. The van der Waals surface area contributed by atoms with Gasteiger partial charge in [-0.15, -0.1) is 11.3 Å². The summed E-state index contributed by atoms with van der Waals surface area (Å²) in [5.74, 6) is 1.28. The molecule has 0 saturated heterocycles. The molecular formula is C28H24O4S. The SMILES string of the molecule is O=C(O)C=Cc1ccc(Oc2c(-c3ccccc3C3CCCC3)sc3cc(O)ccc23)cc1. The van der Waals surface area contributed by atoms with Gasteiger partial charge >= 0.3 is 5.97 Å². The quantitative estimate of drug-likeness (QED) is 0.290. The third-order valence-corrected chi connectivity index (χ3v) is 7.31. The maximum atomic E-state index is 10.8. The van der Waals surface area contributed by atoms with E-state index in [2.05, 4.69) is 24.3 Å². The molecule has 1 aliphatic rings. The summed E-state index contributed by atoms with van der Waals surface area (Å²) in [6, 6.07) is 21.3. The molecular weight excluding hydrogens is 432 g/mol. The van der Waals surface area contributed by atoms with Gasteiger partial charge in [0.15, 0.2) is 5.75 Å². The van der Waals surface area contributed by atoms with E-state index in [-0.39, 0.29) is 5.75 Å². The third kappa shape index (κ3) is 4.50. The molecule has 0 radical (unpaired) electrons. The molecule has 1 aliphatic carbocycles. The number of hydrogen-bond acceptors (Lipinski definition) is 4. The average molecular weight is 457 g/mol. The van der Waals surface area contributed by atoms with Crippen molar-refractivity contribution in [2.75, 3.05) is 0 Å². The Morgan fingerprint density at radius 2 is 1.76 bits per heavy atom. The van der Waals surface area contributed by atoms with E-state index in [1.165, 1.54) is 36.8 Å². The van der Waals surface area contributed by atoms with Crippen molar-refractivity contribution in [2.24, 2.45) is 0 Å². The van der Waals surface area contributed by atoms with Gasteiger partial charge in [0, 0.05) is 16.2 Å². The Morgan fingerprint density at radius 1 is 1.00 bits per heavy atom. The highest BCUT2D eigenvalue weighted by Gasteiger charge is 2.24. The predicted octanol–water partition coefficient (Wildman–Crippen LogP) is 7.82. The third-order valence-electron chi connectivity index (χ3n) is 6.15. The van der Waals surface area contributed by atoms with Crippen LogP contribution in [0.25, 0.3) is 26.6 Å². The van der Waals surface area contributed by atoms with Crippen LogP contribution in [0.4, 0.5) is 0 Å². The summed E-state index contributed by atoms with van der Waals surface area (Å²) in [4.78, 5) is 11.8. The van der Waals surface area contributed by atoms with E-state index < -0.39 is 5.97 Å². The lowest BCUT2D eigenvalue weighted by Gasteiger charge is -2.16. The lowest BCUT2D eigenvalue weighted by molar-refractivity contribution is -0.131. The van der Waals surface area contributed by atoms with Crippen LogP contribution in [-0.4, -0.2) is 16.2 Å². The van der Waals surface area contributed by atoms with Crippen LogP contribution in [0.2, 0.25) is 0 Å². The van der Waals surface area contributed by atoms with E-state index in [0.717, 1.165) is 32.4 Å². The van der Waals surface area contributed by atoms with Crippen LogP contribution in [0.1, 0.15) is 42.7 Å². The minimum Gasteiger partial charge on any atom is -0.508 e. The number of fused-ring (bicyclic) bond motifs is 1. The van der Waals surface area contributed by atoms with E-state index >= 15 is 0 Å². The van der Waals surface area contributed by atoms with Gasteiger partial charge in [0.05, 0.1) is 4.88 Å². The Labute approximate surface area is 196 Å². The summed E-state index contributed by atoms with van der Waals surface area (Å²) in [6.07, 6.45) is 7.63. The Kier molecular flexibility index (Phi) is 5.88. The van der Waals surface area contributed by atoms with Gasteiger partial charge in [0.2, 0.25) is 0 Å². The van der Waals surface area contributed by atoms with Gasteiger partial charge in [-0.25, -0.2) is 4.79 Å². The molecule has 0 bridgehead atoms. The topological polar surface area (TPSA) is 66.8 Å². The fourth-order valence-electron chi connectivity index (χ4n) is 4.57. The predicted molar refractivity (Wildman–Crippen MR) is 133 cm³/mol. The van der Waals surface area contributed by atoms with Gasteiger partial charge in [-0.2, -0.15) is 0 Å². The lowest BCUT2D eigenvalue weighted by atomic mass is 9.92. The maximum Gasteiger partial charge on any atom is 0.328 e. The van der Waals surface area contributed by atoms with E-state index in [4.69, 9.17) is 9.84 Å². The first-order valence-corrected chi connectivity index (χ1v) is 11.9. The molecule has 5 rings (SSSR count). The number of aromatic hydroxyl groups is 1. The Morgan fingerprint density at radius 3 is 2.52 bits per heavy atom. The van der Waals surface area contributed by atoms with Crippen molar-refractivity contribution < 1.29 is 19.7 Å². The van der Waals surface area contributed by atoms with Crippen molar-refractivity contribution in [3.63, 3.8) is 0 Å². The van der Waals surface area contributed by atoms with Gasteiger partial charge < -0.3 is 14.9 Å². The number of rotatable bonds is 6. The largest absolute Gasteiger partial charge is 0.508 e. The highest BCUT2D eigenvalue weighted by Crippen LogP contribution is 2.50. The standard InChI is InChI=1S/C28H24O4S/c29-20-12-15-24-25(17-20)33-28(23-8-4-3-7-22(23)19-5-1-2-6-19)27(24)32-21-13-9-18(10-14-21)11-16-26(30)31/h3-4,7-17,19,29H,1-2,5-6H2,(H,30,31). The van der Waals surface area contributed by atoms with Crippen molar-refractivity contribution in [1.82, 2.24) is 0 Å². The van der Waals surface area contributed by atoms with Crippen LogP contribution in [0.15, 0.2) is 72.8 Å². The van der Waals surface area contributed by atoms with Crippen molar-refractivity contribution in [3.05, 3.63) is 83.9 Å². The van der Waals surface area contributed by atoms with E-state index in [9.17, 15) is 9.90 Å². The molecule has 3 aromatic carbocycles. The molecule has 0 spiro atoms. The second-order valence-corrected chi connectivity index (χ2v) is 9.40. The van der Waals surface area contributed by atoms with Crippen molar-refractivity contribution in [3.8, 4) is 27.7 Å². The summed E-state index contributed by atoms with van der Waals surface area (Å²) in [5, 5.41) is 19.8. The zero-order chi connectivity index (χ0) is 22.8. The smallest absolute Gasteiger partial charge is 0.328 e. The Hall–Kier alpha value is -3.57. The minimum absolute atomic E-state index is 0.237. The number of hydrogen-bond donors (Lipinski definition) is 2. The summed E-state index contributed by atoms with van der Waals surface area (Å²) in [6.45, 7) is 0. The molecule has 0 atom stereocenters. The molecule has 166 valence electrons. The number of benzene rings is 3. The maximum absolute atomic E-state index is 10.8.